The molecule has 0 aliphatic rings. The first-order valence-corrected chi connectivity index (χ1v) is 5.27. The summed E-state index contributed by atoms with van der Waals surface area (Å²) in [4.78, 5) is 10.8. The number of rotatable bonds is 7. The molecule has 1 aromatic rings. The van der Waals surface area contributed by atoms with Gasteiger partial charge in [0, 0.05) is 6.42 Å². The summed E-state index contributed by atoms with van der Waals surface area (Å²) in [6, 6.07) is 7.51. The lowest BCUT2D eigenvalue weighted by Gasteiger charge is -2.06. The van der Waals surface area contributed by atoms with Crippen molar-refractivity contribution in [2.24, 2.45) is 0 Å². The summed E-state index contributed by atoms with van der Waals surface area (Å²) in [7, 11) is 0. The fourth-order valence-electron chi connectivity index (χ4n) is 1.32. The number of hydrogen-bond acceptors (Lipinski definition) is 3. The molecule has 0 bridgehead atoms. The number of carbonyl (C=O) groups excluding carboxylic acids is 1. The van der Waals surface area contributed by atoms with Gasteiger partial charge in [-0.2, -0.15) is 5.54 Å². The highest BCUT2D eigenvalue weighted by Crippen LogP contribution is 2.14. The van der Waals surface area contributed by atoms with E-state index < -0.39 is 0 Å². The van der Waals surface area contributed by atoms with E-state index in [9.17, 15) is 9.28 Å². The zero-order valence-electron chi connectivity index (χ0n) is 9.33. The Hall–Kier alpha value is -1.42. The molecule has 0 saturated carbocycles. The van der Waals surface area contributed by atoms with Gasteiger partial charge < -0.3 is 9.53 Å². The van der Waals surface area contributed by atoms with E-state index in [0.717, 1.165) is 5.56 Å². The highest BCUT2D eigenvalue weighted by atomic mass is 19.2. The van der Waals surface area contributed by atoms with Gasteiger partial charge in [-0.05, 0) is 31.0 Å². The van der Waals surface area contributed by atoms with Crippen molar-refractivity contribution in [3.05, 3.63) is 29.8 Å². The van der Waals surface area contributed by atoms with E-state index in [0.29, 0.717) is 18.6 Å². The van der Waals surface area contributed by atoms with Crippen LogP contribution in [0.4, 0.5) is 4.48 Å². The predicted molar refractivity (Wildman–Crippen MR) is 60.0 cm³/mol. The van der Waals surface area contributed by atoms with E-state index in [4.69, 9.17) is 4.74 Å². The minimum absolute atomic E-state index is 0.164. The Labute approximate surface area is 94.5 Å². The van der Waals surface area contributed by atoms with Crippen LogP contribution < -0.4 is 10.3 Å². The average molecular weight is 225 g/mol. The van der Waals surface area contributed by atoms with E-state index in [2.05, 4.69) is 0 Å². The van der Waals surface area contributed by atoms with Crippen molar-refractivity contribution in [3.63, 3.8) is 0 Å². The summed E-state index contributed by atoms with van der Waals surface area (Å²) in [6.07, 6.45) is 1.25. The lowest BCUT2D eigenvalue weighted by molar-refractivity contribution is -0.116. The Morgan fingerprint density at radius 3 is 3.00 bits per heavy atom. The number of aryl methyl sites for hydroxylation is 1. The van der Waals surface area contributed by atoms with Crippen LogP contribution >= 0.6 is 0 Å². The lowest BCUT2D eigenvalue weighted by atomic mass is 10.1. The molecule has 88 valence electrons. The molecule has 1 N–H and O–H groups in total. The van der Waals surface area contributed by atoms with E-state index in [1.165, 1.54) is 5.54 Å². The molecule has 0 fully saturated rings. The molecule has 0 aliphatic heterocycles. The number of hydrogen-bond donors (Lipinski definition) is 1. The smallest absolute Gasteiger partial charge is 0.130 e. The van der Waals surface area contributed by atoms with Crippen LogP contribution in [-0.2, 0) is 11.2 Å². The van der Waals surface area contributed by atoms with Crippen LogP contribution in [0.15, 0.2) is 24.3 Å². The molecule has 3 nitrogen and oxygen atoms in total. The van der Waals surface area contributed by atoms with Crippen LogP contribution in [0.1, 0.15) is 18.9 Å². The monoisotopic (exact) mass is 225 g/mol. The van der Waals surface area contributed by atoms with Crippen molar-refractivity contribution in [1.82, 2.24) is 5.54 Å². The predicted octanol–water partition coefficient (Wildman–Crippen LogP) is 2.06. The minimum atomic E-state index is 0.164. The van der Waals surface area contributed by atoms with Crippen LogP contribution in [0.2, 0.25) is 0 Å². The Morgan fingerprint density at radius 2 is 2.31 bits per heavy atom. The van der Waals surface area contributed by atoms with Crippen LogP contribution in [0.3, 0.4) is 0 Å². The van der Waals surface area contributed by atoms with E-state index in [1.807, 2.05) is 24.3 Å². The van der Waals surface area contributed by atoms with Gasteiger partial charge in [-0.3, -0.25) is 0 Å². The summed E-state index contributed by atoms with van der Waals surface area (Å²) in [5.74, 6) is 0.879. The summed E-state index contributed by atoms with van der Waals surface area (Å²) in [5.41, 5.74) is 2.58. The lowest BCUT2D eigenvalue weighted by Crippen LogP contribution is -2.12. The van der Waals surface area contributed by atoms with Gasteiger partial charge in [-0.1, -0.05) is 12.1 Å². The number of Topliss-reactive ketones (excluding diaryl/α,β-unsaturated/α-hetero) is 1. The standard InChI is InChI=1S/C12H16FNO2/c1-10(15)5-6-11-3-2-4-12(9-11)16-8-7-14-13/h2-4,9,14H,5-8H2,1H3. The second-order valence-electron chi connectivity index (χ2n) is 3.58. The molecule has 0 amide bonds. The molecule has 0 unspecified atom stereocenters. The summed E-state index contributed by atoms with van der Waals surface area (Å²) >= 11 is 0. The molecule has 1 aromatic carbocycles. The van der Waals surface area contributed by atoms with E-state index in [1.54, 1.807) is 6.92 Å². The highest BCUT2D eigenvalue weighted by molar-refractivity contribution is 5.75. The van der Waals surface area contributed by atoms with Crippen LogP contribution in [0.5, 0.6) is 5.75 Å². The Kier molecular flexibility index (Phi) is 5.50. The molecule has 0 atom stereocenters. The fraction of sp³-hybridized carbons (Fsp3) is 0.417. The largest absolute Gasteiger partial charge is 0.492 e. The Morgan fingerprint density at radius 1 is 1.50 bits per heavy atom. The van der Waals surface area contributed by atoms with Crippen LogP contribution in [-0.4, -0.2) is 18.9 Å². The molecular formula is C12H16FNO2. The summed E-state index contributed by atoms with van der Waals surface area (Å²) < 4.78 is 16.9. The molecule has 0 radical (unpaired) electrons. The van der Waals surface area contributed by atoms with E-state index in [-0.39, 0.29) is 18.9 Å². The number of carbonyl (C=O) groups is 1. The van der Waals surface area contributed by atoms with Gasteiger partial charge in [0.15, 0.2) is 0 Å². The van der Waals surface area contributed by atoms with Crippen LogP contribution in [0.25, 0.3) is 0 Å². The quantitative estimate of drug-likeness (QED) is 0.570. The first-order chi connectivity index (χ1) is 7.72. The second kappa shape index (κ2) is 6.95. The van der Waals surface area contributed by atoms with Crippen molar-refractivity contribution in [3.8, 4) is 5.75 Å². The number of benzene rings is 1. The Balaban J connectivity index is 2.46. The maximum atomic E-state index is 11.6. The third kappa shape index (κ3) is 4.89. The van der Waals surface area contributed by atoms with Gasteiger partial charge in [-0.15, -0.1) is 4.48 Å². The first kappa shape index (κ1) is 12.6. The molecule has 16 heavy (non-hydrogen) atoms. The molecule has 4 heteroatoms. The number of ketones is 1. The number of nitrogens with one attached hydrogen (secondary N) is 1. The SMILES string of the molecule is CC(=O)CCc1cccc(OCCNF)c1. The van der Waals surface area contributed by atoms with E-state index >= 15 is 0 Å². The molecule has 0 spiro atoms. The molecule has 0 aliphatic carbocycles. The number of halogens is 1. The fourth-order valence-corrected chi connectivity index (χ4v) is 1.32. The third-order valence-electron chi connectivity index (χ3n) is 2.13. The molecule has 0 aromatic heterocycles. The summed E-state index contributed by atoms with van der Waals surface area (Å²) in [6.45, 7) is 2.03. The number of ether oxygens (including phenoxy) is 1. The highest BCUT2D eigenvalue weighted by Gasteiger charge is 1.99. The van der Waals surface area contributed by atoms with Gasteiger partial charge in [0.2, 0.25) is 0 Å². The Bertz CT molecular complexity index is 342. The van der Waals surface area contributed by atoms with Gasteiger partial charge in [0.1, 0.15) is 18.1 Å². The topological polar surface area (TPSA) is 38.3 Å². The van der Waals surface area contributed by atoms with Gasteiger partial charge in [0.05, 0.1) is 6.54 Å². The molecule has 0 heterocycles. The van der Waals surface area contributed by atoms with Crippen molar-refractivity contribution in [1.29, 1.82) is 0 Å². The van der Waals surface area contributed by atoms with Crippen LogP contribution in [0, 0.1) is 0 Å². The molecule has 1 rings (SSSR count). The maximum Gasteiger partial charge on any atom is 0.130 e. The van der Waals surface area contributed by atoms with Gasteiger partial charge >= 0.3 is 0 Å². The maximum absolute atomic E-state index is 11.6. The van der Waals surface area contributed by atoms with Crippen molar-refractivity contribution >= 4 is 5.78 Å². The average Bonchev–Trinajstić information content (AvgIpc) is 2.27. The zero-order chi connectivity index (χ0) is 11.8. The minimum Gasteiger partial charge on any atom is -0.492 e. The first-order valence-electron chi connectivity index (χ1n) is 5.27. The normalized spacial score (nSPS) is 10.1. The third-order valence-corrected chi connectivity index (χ3v) is 2.13. The zero-order valence-corrected chi connectivity index (χ0v) is 9.33. The van der Waals surface area contributed by atoms with Crippen molar-refractivity contribution in [2.45, 2.75) is 19.8 Å². The molecular weight excluding hydrogens is 209 g/mol. The second-order valence-corrected chi connectivity index (χ2v) is 3.58. The molecule has 0 saturated heterocycles. The van der Waals surface area contributed by atoms with Gasteiger partial charge in [-0.25, -0.2) is 0 Å². The van der Waals surface area contributed by atoms with Gasteiger partial charge in [0.25, 0.3) is 0 Å². The summed E-state index contributed by atoms with van der Waals surface area (Å²) in [5, 5.41) is 0. The van der Waals surface area contributed by atoms with Crippen molar-refractivity contribution < 1.29 is 14.0 Å². The van der Waals surface area contributed by atoms with Crippen molar-refractivity contribution in [2.75, 3.05) is 13.2 Å².